The second kappa shape index (κ2) is 6.07. The molecular formula is C16H18OS. The fraction of sp³-hybridized carbons (Fsp3) is 0.250. The summed E-state index contributed by atoms with van der Waals surface area (Å²) in [6.07, 6.45) is 0. The van der Waals surface area contributed by atoms with Gasteiger partial charge in [0.2, 0.25) is 0 Å². The second-order valence-corrected chi connectivity index (χ2v) is 5.64. The van der Waals surface area contributed by atoms with E-state index >= 15 is 0 Å². The van der Waals surface area contributed by atoms with Crippen molar-refractivity contribution in [2.45, 2.75) is 36.2 Å². The van der Waals surface area contributed by atoms with E-state index in [1.54, 1.807) is 11.8 Å². The van der Waals surface area contributed by atoms with Gasteiger partial charge in [0, 0.05) is 9.79 Å². The highest BCUT2D eigenvalue weighted by molar-refractivity contribution is 7.99. The van der Waals surface area contributed by atoms with E-state index in [-0.39, 0.29) is 6.61 Å². The van der Waals surface area contributed by atoms with Gasteiger partial charge in [-0.3, -0.25) is 0 Å². The highest BCUT2D eigenvalue weighted by Crippen LogP contribution is 2.35. The van der Waals surface area contributed by atoms with Gasteiger partial charge in [0.1, 0.15) is 0 Å². The van der Waals surface area contributed by atoms with Gasteiger partial charge in [-0.25, -0.2) is 0 Å². The Morgan fingerprint density at radius 2 is 1.56 bits per heavy atom. The number of hydrogen-bond acceptors (Lipinski definition) is 2. The zero-order valence-corrected chi connectivity index (χ0v) is 11.6. The number of aliphatic hydroxyl groups excluding tert-OH is 1. The van der Waals surface area contributed by atoms with E-state index in [1.165, 1.54) is 10.5 Å². The van der Waals surface area contributed by atoms with Gasteiger partial charge in [-0.05, 0) is 29.2 Å². The van der Waals surface area contributed by atoms with Crippen LogP contribution in [0.4, 0.5) is 0 Å². The van der Waals surface area contributed by atoms with Crippen molar-refractivity contribution in [3.05, 3.63) is 59.7 Å². The first-order valence-corrected chi connectivity index (χ1v) is 6.99. The maximum absolute atomic E-state index is 9.36. The van der Waals surface area contributed by atoms with Crippen LogP contribution < -0.4 is 0 Å². The van der Waals surface area contributed by atoms with Gasteiger partial charge in [-0.15, -0.1) is 0 Å². The highest BCUT2D eigenvalue weighted by Gasteiger charge is 2.09. The minimum Gasteiger partial charge on any atom is -0.392 e. The third-order valence-electron chi connectivity index (χ3n) is 2.90. The Labute approximate surface area is 113 Å². The van der Waals surface area contributed by atoms with Crippen molar-refractivity contribution in [3.63, 3.8) is 0 Å². The molecule has 0 aliphatic carbocycles. The first kappa shape index (κ1) is 13.2. The molecule has 2 aromatic rings. The molecule has 0 aromatic heterocycles. The molecule has 0 unspecified atom stereocenters. The fourth-order valence-corrected chi connectivity index (χ4v) is 3.12. The summed E-state index contributed by atoms with van der Waals surface area (Å²) in [7, 11) is 0. The molecule has 94 valence electrons. The molecule has 18 heavy (non-hydrogen) atoms. The van der Waals surface area contributed by atoms with E-state index < -0.39 is 0 Å². The van der Waals surface area contributed by atoms with Crippen LogP contribution in [0, 0.1) is 0 Å². The summed E-state index contributed by atoms with van der Waals surface area (Å²) in [5.74, 6) is 0.509. The molecule has 0 atom stereocenters. The molecule has 1 nitrogen and oxygen atoms in total. The first-order valence-electron chi connectivity index (χ1n) is 6.18. The third kappa shape index (κ3) is 2.95. The lowest BCUT2D eigenvalue weighted by Crippen LogP contribution is -1.92. The molecule has 2 aromatic carbocycles. The number of benzene rings is 2. The lowest BCUT2D eigenvalue weighted by atomic mass is 10.0. The number of hydrogen-bond donors (Lipinski definition) is 1. The van der Waals surface area contributed by atoms with Gasteiger partial charge >= 0.3 is 0 Å². The summed E-state index contributed by atoms with van der Waals surface area (Å²) in [4.78, 5) is 2.40. The third-order valence-corrected chi connectivity index (χ3v) is 4.11. The standard InChI is InChI=1S/C16H18OS/c1-12(2)14-8-4-6-10-16(14)18-15-9-5-3-7-13(15)11-17/h3-10,12,17H,11H2,1-2H3. The molecule has 0 heterocycles. The summed E-state index contributed by atoms with van der Waals surface area (Å²) < 4.78 is 0. The van der Waals surface area contributed by atoms with Crippen LogP contribution in [0.15, 0.2) is 58.3 Å². The Morgan fingerprint density at radius 3 is 2.22 bits per heavy atom. The van der Waals surface area contributed by atoms with E-state index in [0.29, 0.717) is 5.92 Å². The van der Waals surface area contributed by atoms with Crippen molar-refractivity contribution in [1.29, 1.82) is 0 Å². The normalized spacial score (nSPS) is 10.9. The van der Waals surface area contributed by atoms with Gasteiger partial charge < -0.3 is 5.11 Å². The predicted molar refractivity (Wildman–Crippen MR) is 77.0 cm³/mol. The van der Waals surface area contributed by atoms with E-state index in [4.69, 9.17) is 0 Å². The van der Waals surface area contributed by atoms with E-state index in [9.17, 15) is 5.11 Å². The number of aliphatic hydroxyl groups is 1. The molecule has 2 rings (SSSR count). The zero-order chi connectivity index (χ0) is 13.0. The summed E-state index contributed by atoms with van der Waals surface area (Å²) in [5.41, 5.74) is 2.34. The fourth-order valence-electron chi connectivity index (χ4n) is 1.90. The van der Waals surface area contributed by atoms with Crippen molar-refractivity contribution in [2.75, 3.05) is 0 Å². The molecule has 0 bridgehead atoms. The molecule has 0 saturated carbocycles. The molecule has 2 heteroatoms. The largest absolute Gasteiger partial charge is 0.392 e. The number of rotatable bonds is 4. The maximum Gasteiger partial charge on any atom is 0.0692 e. The molecular weight excluding hydrogens is 240 g/mol. The van der Waals surface area contributed by atoms with Crippen molar-refractivity contribution in [1.82, 2.24) is 0 Å². The van der Waals surface area contributed by atoms with Crippen LogP contribution in [0.1, 0.15) is 30.9 Å². The minimum atomic E-state index is 0.0903. The topological polar surface area (TPSA) is 20.2 Å². The summed E-state index contributed by atoms with van der Waals surface area (Å²) in [5, 5.41) is 9.36. The smallest absolute Gasteiger partial charge is 0.0692 e. The summed E-state index contributed by atoms with van der Waals surface area (Å²) in [6, 6.07) is 16.5. The van der Waals surface area contributed by atoms with Crippen molar-refractivity contribution in [2.24, 2.45) is 0 Å². The lowest BCUT2D eigenvalue weighted by molar-refractivity contribution is 0.279. The zero-order valence-electron chi connectivity index (χ0n) is 10.8. The molecule has 0 saturated heterocycles. The van der Waals surface area contributed by atoms with Gasteiger partial charge in [-0.1, -0.05) is 62.0 Å². The SMILES string of the molecule is CC(C)c1ccccc1Sc1ccccc1CO. The average Bonchev–Trinajstić information content (AvgIpc) is 2.40. The van der Waals surface area contributed by atoms with Crippen LogP contribution in [0.25, 0.3) is 0 Å². The first-order chi connectivity index (χ1) is 8.72. The van der Waals surface area contributed by atoms with Crippen molar-refractivity contribution >= 4 is 11.8 Å². The second-order valence-electron chi connectivity index (χ2n) is 4.56. The molecule has 0 aliphatic heterocycles. The van der Waals surface area contributed by atoms with Crippen LogP contribution in [-0.2, 0) is 6.61 Å². The van der Waals surface area contributed by atoms with E-state index in [1.807, 2.05) is 18.2 Å². The quantitative estimate of drug-likeness (QED) is 0.874. The van der Waals surface area contributed by atoms with Crippen LogP contribution in [0.3, 0.4) is 0 Å². The monoisotopic (exact) mass is 258 g/mol. The summed E-state index contributed by atoms with van der Waals surface area (Å²) >= 11 is 1.73. The van der Waals surface area contributed by atoms with Crippen LogP contribution >= 0.6 is 11.8 Å². The van der Waals surface area contributed by atoms with Gasteiger partial charge in [-0.2, -0.15) is 0 Å². The molecule has 1 N–H and O–H groups in total. The molecule has 0 aliphatic rings. The van der Waals surface area contributed by atoms with E-state index in [2.05, 4.69) is 44.2 Å². The van der Waals surface area contributed by atoms with Crippen LogP contribution in [-0.4, -0.2) is 5.11 Å². The molecule has 0 spiro atoms. The Bertz CT molecular complexity index is 520. The van der Waals surface area contributed by atoms with Gasteiger partial charge in [0.05, 0.1) is 6.61 Å². The van der Waals surface area contributed by atoms with E-state index in [0.717, 1.165) is 10.5 Å². The van der Waals surface area contributed by atoms with Crippen LogP contribution in [0.5, 0.6) is 0 Å². The highest BCUT2D eigenvalue weighted by atomic mass is 32.2. The minimum absolute atomic E-state index is 0.0903. The Balaban J connectivity index is 2.34. The summed E-state index contributed by atoms with van der Waals surface area (Å²) in [6.45, 7) is 4.50. The molecule has 0 radical (unpaired) electrons. The Morgan fingerprint density at radius 1 is 0.944 bits per heavy atom. The van der Waals surface area contributed by atoms with Gasteiger partial charge in [0.25, 0.3) is 0 Å². The Kier molecular flexibility index (Phi) is 4.45. The average molecular weight is 258 g/mol. The maximum atomic E-state index is 9.36. The van der Waals surface area contributed by atoms with Crippen molar-refractivity contribution in [3.8, 4) is 0 Å². The molecule has 0 fully saturated rings. The van der Waals surface area contributed by atoms with Crippen molar-refractivity contribution < 1.29 is 5.11 Å². The lowest BCUT2D eigenvalue weighted by Gasteiger charge is -2.13. The van der Waals surface area contributed by atoms with Crippen LogP contribution in [0.2, 0.25) is 0 Å². The predicted octanol–water partition coefficient (Wildman–Crippen LogP) is 4.45. The van der Waals surface area contributed by atoms with Gasteiger partial charge in [0.15, 0.2) is 0 Å². The Hall–Kier alpha value is -1.25. The molecule has 0 amide bonds.